The average Bonchev–Trinajstić information content (AvgIpc) is 2.52. The lowest BCUT2D eigenvalue weighted by Crippen LogP contribution is -2.54. The molecular weight excluding hydrogens is 308 g/mol. The molecule has 0 aliphatic heterocycles. The number of carbonyl (C=O) groups excluding carboxylic acids is 3. The van der Waals surface area contributed by atoms with Gasteiger partial charge < -0.3 is 22.1 Å². The summed E-state index contributed by atoms with van der Waals surface area (Å²) < 4.78 is 0. The first-order valence-electron chi connectivity index (χ1n) is 7.88. The monoisotopic (exact) mass is 334 g/mol. The summed E-state index contributed by atoms with van der Waals surface area (Å²) in [4.78, 5) is 35.4. The molecule has 1 aromatic carbocycles. The molecule has 0 radical (unpaired) electrons. The van der Waals surface area contributed by atoms with Crippen LogP contribution in [0.5, 0.6) is 0 Å². The van der Waals surface area contributed by atoms with Gasteiger partial charge in [0.05, 0.1) is 12.6 Å². The van der Waals surface area contributed by atoms with Gasteiger partial charge in [0.1, 0.15) is 6.04 Å². The van der Waals surface area contributed by atoms with Gasteiger partial charge in [-0.25, -0.2) is 0 Å². The molecule has 0 fully saturated rings. The van der Waals surface area contributed by atoms with Gasteiger partial charge in [0.2, 0.25) is 17.7 Å². The van der Waals surface area contributed by atoms with E-state index in [1.54, 1.807) is 0 Å². The maximum Gasteiger partial charge on any atom is 0.243 e. The van der Waals surface area contributed by atoms with Gasteiger partial charge in [-0.3, -0.25) is 14.4 Å². The second kappa shape index (κ2) is 9.02. The highest BCUT2D eigenvalue weighted by Gasteiger charge is 2.25. The molecular formula is C17H26N4O3. The topological polar surface area (TPSA) is 127 Å². The highest BCUT2D eigenvalue weighted by atomic mass is 16.2. The van der Waals surface area contributed by atoms with E-state index in [2.05, 4.69) is 10.6 Å². The van der Waals surface area contributed by atoms with Crippen molar-refractivity contribution in [2.75, 3.05) is 6.54 Å². The number of hydrogen-bond acceptors (Lipinski definition) is 4. The van der Waals surface area contributed by atoms with Gasteiger partial charge in [-0.2, -0.15) is 0 Å². The van der Waals surface area contributed by atoms with Gasteiger partial charge in [-0.1, -0.05) is 38.1 Å². The second-order valence-corrected chi connectivity index (χ2v) is 6.15. The summed E-state index contributed by atoms with van der Waals surface area (Å²) >= 11 is 0. The number of carbonyl (C=O) groups is 3. The van der Waals surface area contributed by atoms with Crippen LogP contribution in [0.15, 0.2) is 24.3 Å². The molecule has 0 spiro atoms. The molecule has 2 atom stereocenters. The van der Waals surface area contributed by atoms with E-state index in [1.165, 1.54) is 0 Å². The summed E-state index contributed by atoms with van der Waals surface area (Å²) in [6.45, 7) is 5.30. The van der Waals surface area contributed by atoms with Crippen LogP contribution in [0.4, 0.5) is 0 Å². The Bertz CT molecular complexity index is 601. The molecule has 0 aliphatic rings. The van der Waals surface area contributed by atoms with Crippen LogP contribution in [0.1, 0.15) is 25.0 Å². The minimum absolute atomic E-state index is 0.0576. The maximum absolute atomic E-state index is 12.3. The number of nitrogens with one attached hydrogen (secondary N) is 2. The fraction of sp³-hybridized carbons (Fsp3) is 0.471. The van der Waals surface area contributed by atoms with Gasteiger partial charge in [-0.15, -0.1) is 0 Å². The minimum atomic E-state index is -0.831. The number of benzene rings is 1. The zero-order chi connectivity index (χ0) is 18.3. The number of nitrogens with two attached hydrogens (primary N) is 2. The molecule has 0 aliphatic carbocycles. The van der Waals surface area contributed by atoms with Gasteiger partial charge in [0.15, 0.2) is 0 Å². The van der Waals surface area contributed by atoms with Crippen molar-refractivity contribution in [1.29, 1.82) is 0 Å². The predicted octanol–water partition coefficient (Wildman–Crippen LogP) is -0.393. The summed E-state index contributed by atoms with van der Waals surface area (Å²) in [6.07, 6.45) is 0.299. The normalized spacial score (nSPS) is 13.2. The molecule has 6 N–H and O–H groups in total. The number of rotatable bonds is 8. The largest absolute Gasteiger partial charge is 0.368 e. The fourth-order valence-electron chi connectivity index (χ4n) is 2.14. The van der Waals surface area contributed by atoms with Gasteiger partial charge >= 0.3 is 0 Å². The Labute approximate surface area is 142 Å². The Kier molecular flexibility index (Phi) is 7.38. The fourth-order valence-corrected chi connectivity index (χ4v) is 2.14. The van der Waals surface area contributed by atoms with E-state index in [4.69, 9.17) is 11.5 Å². The quantitative estimate of drug-likeness (QED) is 0.516. The summed E-state index contributed by atoms with van der Waals surface area (Å²) in [5, 5.41) is 5.10. The molecule has 7 heteroatoms. The number of hydrogen-bond donors (Lipinski definition) is 4. The summed E-state index contributed by atoms with van der Waals surface area (Å²) in [5.41, 5.74) is 12.8. The molecule has 0 unspecified atom stereocenters. The third-order valence-electron chi connectivity index (χ3n) is 3.78. The Hall–Kier alpha value is -2.41. The van der Waals surface area contributed by atoms with E-state index in [0.29, 0.717) is 6.42 Å². The van der Waals surface area contributed by atoms with Crippen molar-refractivity contribution in [2.24, 2.45) is 17.4 Å². The molecule has 24 heavy (non-hydrogen) atoms. The van der Waals surface area contributed by atoms with E-state index < -0.39 is 29.8 Å². The highest BCUT2D eigenvalue weighted by molar-refractivity contribution is 5.91. The Morgan fingerprint density at radius 1 is 1.12 bits per heavy atom. The van der Waals surface area contributed by atoms with Crippen molar-refractivity contribution in [3.05, 3.63) is 35.4 Å². The molecule has 3 amide bonds. The zero-order valence-electron chi connectivity index (χ0n) is 14.3. The Morgan fingerprint density at radius 3 is 2.29 bits per heavy atom. The SMILES string of the molecule is Cc1ccccc1C[C@@H](NC(=O)[C@@H](N)C(C)C)C(=O)NCC(N)=O. The lowest BCUT2D eigenvalue weighted by Gasteiger charge is -2.22. The van der Waals surface area contributed by atoms with Gasteiger partial charge in [-0.05, 0) is 24.0 Å². The molecule has 0 saturated carbocycles. The smallest absolute Gasteiger partial charge is 0.243 e. The van der Waals surface area contributed by atoms with Crippen molar-refractivity contribution >= 4 is 17.7 Å². The summed E-state index contributed by atoms with van der Waals surface area (Å²) in [6, 6.07) is 6.03. The number of amides is 3. The molecule has 0 saturated heterocycles. The molecule has 0 bridgehead atoms. The first-order valence-corrected chi connectivity index (χ1v) is 7.88. The molecule has 7 nitrogen and oxygen atoms in total. The lowest BCUT2D eigenvalue weighted by molar-refractivity contribution is -0.130. The number of aryl methyl sites for hydroxylation is 1. The van der Waals surface area contributed by atoms with Crippen LogP contribution in [-0.2, 0) is 20.8 Å². The molecule has 0 aromatic heterocycles. The van der Waals surface area contributed by atoms with E-state index >= 15 is 0 Å². The van der Waals surface area contributed by atoms with Crippen LogP contribution >= 0.6 is 0 Å². The maximum atomic E-state index is 12.3. The Balaban J connectivity index is 2.90. The minimum Gasteiger partial charge on any atom is -0.368 e. The number of primary amides is 1. The van der Waals surface area contributed by atoms with E-state index in [-0.39, 0.29) is 12.5 Å². The molecule has 1 rings (SSSR count). The first-order chi connectivity index (χ1) is 11.2. The van der Waals surface area contributed by atoms with Gasteiger partial charge in [0.25, 0.3) is 0 Å². The van der Waals surface area contributed by atoms with Crippen LogP contribution in [0, 0.1) is 12.8 Å². The van der Waals surface area contributed by atoms with Crippen LogP contribution < -0.4 is 22.1 Å². The second-order valence-electron chi connectivity index (χ2n) is 6.15. The highest BCUT2D eigenvalue weighted by Crippen LogP contribution is 2.10. The predicted molar refractivity (Wildman–Crippen MR) is 91.8 cm³/mol. The van der Waals surface area contributed by atoms with Crippen molar-refractivity contribution in [3.8, 4) is 0 Å². The van der Waals surface area contributed by atoms with E-state index in [1.807, 2.05) is 45.0 Å². The van der Waals surface area contributed by atoms with Crippen molar-refractivity contribution in [1.82, 2.24) is 10.6 Å². The summed E-state index contributed by atoms with van der Waals surface area (Å²) in [7, 11) is 0. The van der Waals surface area contributed by atoms with Crippen molar-refractivity contribution < 1.29 is 14.4 Å². The molecule has 1 aromatic rings. The lowest BCUT2D eigenvalue weighted by atomic mass is 9.99. The molecule has 132 valence electrons. The van der Waals surface area contributed by atoms with Crippen LogP contribution in [0.3, 0.4) is 0 Å². The van der Waals surface area contributed by atoms with Crippen LogP contribution in [0.2, 0.25) is 0 Å². The third kappa shape index (κ3) is 6.00. The van der Waals surface area contributed by atoms with Crippen LogP contribution in [0.25, 0.3) is 0 Å². The van der Waals surface area contributed by atoms with Gasteiger partial charge in [0, 0.05) is 6.42 Å². The summed E-state index contributed by atoms with van der Waals surface area (Å²) in [5.74, 6) is -1.58. The van der Waals surface area contributed by atoms with E-state index in [9.17, 15) is 14.4 Å². The van der Waals surface area contributed by atoms with Crippen LogP contribution in [-0.4, -0.2) is 36.3 Å². The zero-order valence-corrected chi connectivity index (χ0v) is 14.3. The Morgan fingerprint density at radius 2 is 1.75 bits per heavy atom. The third-order valence-corrected chi connectivity index (χ3v) is 3.78. The average molecular weight is 334 g/mol. The first kappa shape index (κ1) is 19.6. The molecule has 0 heterocycles. The van der Waals surface area contributed by atoms with E-state index in [0.717, 1.165) is 11.1 Å². The van der Waals surface area contributed by atoms with Crippen molar-refractivity contribution in [3.63, 3.8) is 0 Å². The van der Waals surface area contributed by atoms with Crippen molar-refractivity contribution in [2.45, 2.75) is 39.3 Å². The standard InChI is InChI=1S/C17H26N4O3/c1-10(2)15(19)17(24)21-13(16(23)20-9-14(18)22)8-12-7-5-4-6-11(12)3/h4-7,10,13,15H,8-9,19H2,1-3H3,(H2,18,22)(H,20,23)(H,21,24)/t13-,15+/m1/s1.